The zero-order valence-electron chi connectivity index (χ0n) is 11.7. The van der Waals surface area contributed by atoms with E-state index in [1.165, 1.54) is 18.5 Å². The first-order valence-corrected chi connectivity index (χ1v) is 6.69. The fraction of sp³-hybridized carbons (Fsp3) is 0.286. The van der Waals surface area contributed by atoms with Gasteiger partial charge in [0.15, 0.2) is 11.5 Å². The van der Waals surface area contributed by atoms with Crippen molar-refractivity contribution in [1.29, 1.82) is 0 Å². The van der Waals surface area contributed by atoms with E-state index in [0.29, 0.717) is 5.56 Å². The number of fused-ring (bicyclic) bond motifs is 1. The molecular weight excluding hydrogens is 313 g/mol. The lowest BCUT2D eigenvalue weighted by atomic mass is 10.0. The number of hydrogen-bond acceptors (Lipinski definition) is 5. The Hall–Kier alpha value is -2.71. The van der Waals surface area contributed by atoms with Crippen LogP contribution in [0, 0.1) is 0 Å². The normalized spacial score (nSPS) is 14.5. The minimum Gasteiger partial charge on any atom is -0.530 e. The van der Waals surface area contributed by atoms with Crippen molar-refractivity contribution in [3.63, 3.8) is 0 Å². The third-order valence-corrected chi connectivity index (χ3v) is 3.51. The number of hydrogen-bond donors (Lipinski definition) is 0. The Morgan fingerprint density at radius 2 is 2.09 bits per heavy atom. The molecule has 0 N–H and O–H groups in total. The summed E-state index contributed by atoms with van der Waals surface area (Å²) in [5, 5.41) is 10.9. The average molecular weight is 323 g/mol. The first-order chi connectivity index (χ1) is 10.9. The molecule has 0 spiro atoms. The fourth-order valence-corrected chi connectivity index (χ4v) is 2.44. The van der Waals surface area contributed by atoms with Crippen molar-refractivity contribution in [1.82, 2.24) is 19.9 Å². The van der Waals surface area contributed by atoms with Gasteiger partial charge in [-0.1, -0.05) is 0 Å². The summed E-state index contributed by atoms with van der Waals surface area (Å²) in [6, 6.07) is 3.09. The first kappa shape index (κ1) is 15.2. The number of amides is 1. The molecule has 120 valence electrons. The van der Waals surface area contributed by atoms with E-state index in [4.69, 9.17) is 0 Å². The van der Waals surface area contributed by atoms with Gasteiger partial charge in [-0.3, -0.25) is 4.98 Å². The molecule has 2 aromatic heterocycles. The van der Waals surface area contributed by atoms with E-state index in [9.17, 15) is 23.1 Å². The number of carboxylic acid groups (broad SMARTS) is 1. The molecule has 9 heteroatoms. The maximum atomic E-state index is 13.3. The Kier molecular flexibility index (Phi) is 3.63. The summed E-state index contributed by atoms with van der Waals surface area (Å²) >= 11 is 0. The van der Waals surface area contributed by atoms with Gasteiger partial charge in [-0.15, -0.1) is 0 Å². The maximum absolute atomic E-state index is 13.3. The molecule has 0 fully saturated rings. The smallest absolute Gasteiger partial charge is 0.433 e. The molecule has 23 heavy (non-hydrogen) atoms. The maximum Gasteiger partial charge on any atom is 0.433 e. The van der Waals surface area contributed by atoms with Crippen molar-refractivity contribution >= 4 is 6.09 Å². The Balaban J connectivity index is 2.14. The highest BCUT2D eigenvalue weighted by Gasteiger charge is 2.38. The molecule has 0 aromatic carbocycles. The van der Waals surface area contributed by atoms with Gasteiger partial charge in [-0.25, -0.2) is 9.97 Å². The van der Waals surface area contributed by atoms with Crippen LogP contribution in [0.5, 0.6) is 0 Å². The largest absolute Gasteiger partial charge is 0.530 e. The zero-order valence-corrected chi connectivity index (χ0v) is 11.7. The van der Waals surface area contributed by atoms with Crippen LogP contribution in [0.4, 0.5) is 18.0 Å². The number of carbonyl (C=O) groups excluding carboxylic acids is 1. The Labute approximate surface area is 128 Å². The topological polar surface area (TPSA) is 82.0 Å². The van der Waals surface area contributed by atoms with E-state index < -0.39 is 18.0 Å². The highest BCUT2D eigenvalue weighted by Crippen LogP contribution is 2.35. The second-order valence-electron chi connectivity index (χ2n) is 5.00. The van der Waals surface area contributed by atoms with Crippen LogP contribution >= 0.6 is 0 Å². The molecule has 1 aliphatic heterocycles. The summed E-state index contributed by atoms with van der Waals surface area (Å²) in [4.78, 5) is 23.4. The van der Waals surface area contributed by atoms with E-state index >= 15 is 0 Å². The molecule has 0 unspecified atom stereocenters. The minimum absolute atomic E-state index is 0.0432. The number of halogens is 3. The summed E-state index contributed by atoms with van der Waals surface area (Å²) in [6.07, 6.45) is -3.36. The molecule has 0 bridgehead atoms. The van der Waals surface area contributed by atoms with Crippen LogP contribution in [0.1, 0.15) is 17.0 Å². The monoisotopic (exact) mass is 323 g/mol. The van der Waals surface area contributed by atoms with Gasteiger partial charge in [0.2, 0.25) is 0 Å². The SMILES string of the molecule is O=C([O-])N1CCc2c(nc(-c3cccnc3)nc2C(F)(F)F)C1. The van der Waals surface area contributed by atoms with Gasteiger partial charge in [0.25, 0.3) is 0 Å². The molecule has 2 aromatic rings. The third kappa shape index (κ3) is 2.94. The fourth-order valence-electron chi connectivity index (χ4n) is 2.44. The van der Waals surface area contributed by atoms with Crippen molar-refractivity contribution < 1.29 is 23.1 Å². The van der Waals surface area contributed by atoms with Crippen LogP contribution in [-0.4, -0.2) is 32.5 Å². The quantitative estimate of drug-likeness (QED) is 0.789. The number of nitrogens with zero attached hydrogens (tertiary/aromatic N) is 4. The Morgan fingerprint density at radius 3 is 2.70 bits per heavy atom. The second-order valence-corrected chi connectivity index (χ2v) is 5.00. The van der Waals surface area contributed by atoms with Gasteiger partial charge >= 0.3 is 6.18 Å². The summed E-state index contributed by atoms with van der Waals surface area (Å²) < 4.78 is 39.8. The zero-order chi connectivity index (χ0) is 16.6. The molecule has 0 saturated heterocycles. The van der Waals surface area contributed by atoms with Crippen LogP contribution in [-0.2, 0) is 19.1 Å². The molecule has 1 amide bonds. The number of aromatic nitrogens is 3. The van der Waals surface area contributed by atoms with Crippen LogP contribution in [0.2, 0.25) is 0 Å². The van der Waals surface area contributed by atoms with Gasteiger partial charge in [0.05, 0.1) is 12.2 Å². The van der Waals surface area contributed by atoms with Crippen molar-refractivity contribution in [2.45, 2.75) is 19.1 Å². The molecule has 0 radical (unpaired) electrons. The molecule has 0 saturated carbocycles. The van der Waals surface area contributed by atoms with Crippen LogP contribution in [0.25, 0.3) is 11.4 Å². The summed E-state index contributed by atoms with van der Waals surface area (Å²) in [5.74, 6) is -0.135. The van der Waals surface area contributed by atoms with Gasteiger partial charge in [-0.05, 0) is 18.6 Å². The lowest BCUT2D eigenvalue weighted by molar-refractivity contribution is -0.266. The number of pyridine rings is 1. The Morgan fingerprint density at radius 1 is 1.30 bits per heavy atom. The highest BCUT2D eigenvalue weighted by atomic mass is 19.4. The molecule has 6 nitrogen and oxygen atoms in total. The number of alkyl halides is 3. The average Bonchev–Trinajstić information content (AvgIpc) is 2.53. The van der Waals surface area contributed by atoms with Crippen LogP contribution < -0.4 is 5.11 Å². The summed E-state index contributed by atoms with van der Waals surface area (Å²) in [6.45, 7) is -0.329. The van der Waals surface area contributed by atoms with Crippen molar-refractivity contribution in [3.8, 4) is 11.4 Å². The van der Waals surface area contributed by atoms with E-state index in [1.807, 2.05) is 0 Å². The summed E-state index contributed by atoms with van der Waals surface area (Å²) in [7, 11) is 0. The van der Waals surface area contributed by atoms with Gasteiger partial charge in [0, 0.05) is 30.1 Å². The van der Waals surface area contributed by atoms with E-state index in [1.54, 1.807) is 6.07 Å². The number of carbonyl (C=O) groups is 1. The Bertz CT molecular complexity index is 750. The standard InChI is InChI=1S/C14H11F3N4O2/c15-14(16,17)11-9-3-5-21(13(22)23)7-10(9)19-12(20-11)8-2-1-4-18-6-8/h1-2,4,6H,3,5,7H2,(H,22,23)/p-1. The molecule has 3 rings (SSSR count). The van der Waals surface area contributed by atoms with Crippen molar-refractivity contribution in [2.24, 2.45) is 0 Å². The second kappa shape index (κ2) is 5.49. The third-order valence-electron chi connectivity index (χ3n) is 3.51. The predicted molar refractivity (Wildman–Crippen MR) is 69.8 cm³/mol. The molecule has 0 aliphatic carbocycles. The van der Waals surface area contributed by atoms with Crippen molar-refractivity contribution in [3.05, 3.63) is 41.5 Å². The molecular formula is C14H10F3N4O2-. The van der Waals surface area contributed by atoms with E-state index in [-0.39, 0.29) is 36.6 Å². The van der Waals surface area contributed by atoms with Crippen LogP contribution in [0.3, 0.4) is 0 Å². The minimum atomic E-state index is -4.65. The van der Waals surface area contributed by atoms with Crippen molar-refractivity contribution in [2.75, 3.05) is 6.54 Å². The lowest BCUT2D eigenvalue weighted by Gasteiger charge is -2.31. The molecule has 3 heterocycles. The predicted octanol–water partition coefficient (Wildman–Crippen LogP) is 1.26. The van der Waals surface area contributed by atoms with E-state index in [2.05, 4.69) is 15.0 Å². The lowest BCUT2D eigenvalue weighted by Crippen LogP contribution is -2.44. The molecule has 1 aliphatic rings. The van der Waals surface area contributed by atoms with Gasteiger partial charge in [0.1, 0.15) is 6.09 Å². The van der Waals surface area contributed by atoms with Gasteiger partial charge < -0.3 is 14.8 Å². The van der Waals surface area contributed by atoms with Crippen LogP contribution in [0.15, 0.2) is 24.5 Å². The highest BCUT2D eigenvalue weighted by molar-refractivity contribution is 5.63. The molecule has 0 atom stereocenters. The first-order valence-electron chi connectivity index (χ1n) is 6.69. The number of rotatable bonds is 1. The van der Waals surface area contributed by atoms with E-state index in [0.717, 1.165) is 4.90 Å². The van der Waals surface area contributed by atoms with Gasteiger partial charge in [-0.2, -0.15) is 13.2 Å². The summed E-state index contributed by atoms with van der Waals surface area (Å²) in [5.41, 5.74) is -0.727.